The average molecular weight is 273 g/mol. The molecule has 0 saturated heterocycles. The molecule has 1 saturated carbocycles. The molecule has 0 atom stereocenters. The van der Waals surface area contributed by atoms with Crippen molar-refractivity contribution in [2.75, 3.05) is 7.11 Å². The van der Waals surface area contributed by atoms with Crippen molar-refractivity contribution in [2.45, 2.75) is 69.3 Å². The first kappa shape index (κ1) is 15.7. The predicted octanol–water partition coefficient (Wildman–Crippen LogP) is 4.26. The Kier molecular flexibility index (Phi) is 6.95. The second-order valence-electron chi connectivity index (χ2n) is 5.47. The molecule has 0 bridgehead atoms. The molecule has 2 aliphatic rings. The first-order valence-corrected chi connectivity index (χ1v) is 7.37. The van der Waals surface area contributed by atoms with E-state index < -0.39 is 0 Å². The summed E-state index contributed by atoms with van der Waals surface area (Å²) in [6, 6.07) is 0. The van der Waals surface area contributed by atoms with E-state index in [2.05, 4.69) is 6.92 Å². The van der Waals surface area contributed by atoms with Crippen LogP contribution in [-0.4, -0.2) is 24.4 Å². The highest BCUT2D eigenvalue weighted by Gasteiger charge is 2.29. The fourth-order valence-electron chi connectivity index (χ4n) is 2.37. The monoisotopic (exact) mass is 272 g/mol. The zero-order valence-electron chi connectivity index (χ0n) is 11.6. The van der Waals surface area contributed by atoms with E-state index >= 15 is 0 Å². The molecule has 0 spiro atoms. The number of halogens is 1. The molecule has 2 rings (SSSR count). The summed E-state index contributed by atoms with van der Waals surface area (Å²) >= 11 is 5.95. The van der Waals surface area contributed by atoms with Gasteiger partial charge in [0.15, 0.2) is 0 Å². The Morgan fingerprint density at radius 2 is 2.06 bits per heavy atom. The minimum absolute atomic E-state index is 0.116. The molecule has 0 unspecified atom stereocenters. The van der Waals surface area contributed by atoms with Crippen molar-refractivity contribution in [3.63, 3.8) is 0 Å². The average Bonchev–Trinajstić information content (AvgIpc) is 2.44. The molecule has 0 N–H and O–H groups in total. The van der Waals surface area contributed by atoms with Gasteiger partial charge in [0.05, 0.1) is 5.60 Å². The molecule has 2 aliphatic carbocycles. The van der Waals surface area contributed by atoms with Crippen molar-refractivity contribution in [1.29, 1.82) is 0 Å². The number of carbonyl (C=O) groups excluding carboxylic acids is 1. The minimum Gasteiger partial charge on any atom is -0.379 e. The molecule has 0 aromatic heterocycles. The molecule has 0 amide bonds. The van der Waals surface area contributed by atoms with Gasteiger partial charge in [-0.25, -0.2) is 0 Å². The third-order valence-corrected chi connectivity index (χ3v) is 4.38. The molecule has 3 heteroatoms. The van der Waals surface area contributed by atoms with E-state index in [1.165, 1.54) is 12.8 Å². The lowest BCUT2D eigenvalue weighted by atomic mass is 9.86. The zero-order valence-corrected chi connectivity index (χ0v) is 12.3. The van der Waals surface area contributed by atoms with E-state index in [1.807, 2.05) is 6.08 Å². The SMILES string of the molecule is COC1(C)CCC(Cl)CC1.O=CC1=CCCCC1. The predicted molar refractivity (Wildman–Crippen MR) is 76.1 cm³/mol. The highest BCUT2D eigenvalue weighted by molar-refractivity contribution is 6.20. The van der Waals surface area contributed by atoms with Gasteiger partial charge in [0.1, 0.15) is 6.29 Å². The Morgan fingerprint density at radius 3 is 2.44 bits per heavy atom. The number of allylic oxidation sites excluding steroid dienone is 2. The van der Waals surface area contributed by atoms with E-state index in [9.17, 15) is 4.79 Å². The first-order valence-electron chi connectivity index (χ1n) is 6.93. The molecule has 0 aromatic carbocycles. The number of carbonyl (C=O) groups is 1. The van der Waals surface area contributed by atoms with E-state index in [0.29, 0.717) is 5.38 Å². The second-order valence-corrected chi connectivity index (χ2v) is 6.09. The summed E-state index contributed by atoms with van der Waals surface area (Å²) in [5.74, 6) is 0. The Labute approximate surface area is 116 Å². The van der Waals surface area contributed by atoms with Crippen LogP contribution in [0.3, 0.4) is 0 Å². The molecule has 104 valence electrons. The number of hydrogen-bond acceptors (Lipinski definition) is 2. The Morgan fingerprint density at radius 1 is 1.39 bits per heavy atom. The van der Waals surface area contributed by atoms with Crippen molar-refractivity contribution in [2.24, 2.45) is 0 Å². The summed E-state index contributed by atoms with van der Waals surface area (Å²) < 4.78 is 5.37. The van der Waals surface area contributed by atoms with Gasteiger partial charge in [-0.3, -0.25) is 4.79 Å². The smallest absolute Gasteiger partial charge is 0.145 e. The normalized spacial score (nSPS) is 31.9. The minimum atomic E-state index is 0.116. The van der Waals surface area contributed by atoms with Gasteiger partial charge in [-0.15, -0.1) is 11.6 Å². The third kappa shape index (κ3) is 5.53. The lowest BCUT2D eigenvalue weighted by molar-refractivity contribution is -0.105. The summed E-state index contributed by atoms with van der Waals surface area (Å²) in [5.41, 5.74) is 1.11. The van der Waals surface area contributed by atoms with E-state index in [4.69, 9.17) is 16.3 Å². The lowest BCUT2D eigenvalue weighted by Crippen LogP contribution is -2.32. The number of hydrogen-bond donors (Lipinski definition) is 0. The number of ether oxygens (including phenoxy) is 1. The van der Waals surface area contributed by atoms with Crippen LogP contribution >= 0.6 is 11.6 Å². The van der Waals surface area contributed by atoms with E-state index in [0.717, 1.165) is 50.4 Å². The highest BCUT2D eigenvalue weighted by atomic mass is 35.5. The quantitative estimate of drug-likeness (QED) is 0.555. The van der Waals surface area contributed by atoms with Crippen LogP contribution in [0, 0.1) is 0 Å². The lowest BCUT2D eigenvalue weighted by Gasteiger charge is -2.34. The van der Waals surface area contributed by atoms with Crippen molar-refractivity contribution in [3.05, 3.63) is 11.6 Å². The first-order chi connectivity index (χ1) is 8.59. The highest BCUT2D eigenvalue weighted by Crippen LogP contribution is 2.32. The number of rotatable bonds is 2. The van der Waals surface area contributed by atoms with Crippen molar-refractivity contribution in [3.8, 4) is 0 Å². The zero-order chi connectivity index (χ0) is 13.4. The number of alkyl halides is 1. The Bertz CT molecular complexity index is 278. The maximum atomic E-state index is 10.1. The van der Waals surface area contributed by atoms with Gasteiger partial charge in [-0.2, -0.15) is 0 Å². The molecular weight excluding hydrogens is 248 g/mol. The third-order valence-electron chi connectivity index (χ3n) is 3.94. The molecule has 0 aromatic rings. The van der Waals surface area contributed by atoms with Gasteiger partial charge < -0.3 is 4.74 Å². The van der Waals surface area contributed by atoms with Gasteiger partial charge in [0.25, 0.3) is 0 Å². The fourth-order valence-corrected chi connectivity index (χ4v) is 2.59. The van der Waals surface area contributed by atoms with Crippen LogP contribution in [-0.2, 0) is 9.53 Å². The standard InChI is InChI=1S/C8H15ClO.C7H10O/c1-8(10-2)5-3-7(9)4-6-8;8-6-7-4-2-1-3-5-7/h7H,3-6H2,1-2H3;4,6H,1-3,5H2. The number of aldehydes is 1. The molecule has 1 fully saturated rings. The van der Waals surface area contributed by atoms with Gasteiger partial charge in [-0.05, 0) is 63.9 Å². The van der Waals surface area contributed by atoms with E-state index in [-0.39, 0.29) is 5.60 Å². The Hall–Kier alpha value is -0.340. The molecule has 2 nitrogen and oxygen atoms in total. The van der Waals surface area contributed by atoms with Crippen LogP contribution in [0.15, 0.2) is 11.6 Å². The van der Waals surface area contributed by atoms with Crippen molar-refractivity contribution >= 4 is 17.9 Å². The maximum absolute atomic E-state index is 10.1. The Balaban J connectivity index is 0.000000184. The van der Waals surface area contributed by atoms with Gasteiger partial charge in [0, 0.05) is 12.5 Å². The second kappa shape index (κ2) is 7.96. The fraction of sp³-hybridized carbons (Fsp3) is 0.800. The van der Waals surface area contributed by atoms with Crippen molar-refractivity contribution in [1.82, 2.24) is 0 Å². The summed E-state index contributed by atoms with van der Waals surface area (Å²) in [6.45, 7) is 2.16. The van der Waals surface area contributed by atoms with Crippen molar-refractivity contribution < 1.29 is 9.53 Å². The van der Waals surface area contributed by atoms with Crippen LogP contribution in [0.1, 0.15) is 58.3 Å². The van der Waals surface area contributed by atoms with Crippen LogP contribution in [0.25, 0.3) is 0 Å². The van der Waals surface area contributed by atoms with Gasteiger partial charge in [0.2, 0.25) is 0 Å². The summed E-state index contributed by atoms with van der Waals surface area (Å²) in [4.78, 5) is 10.1. The van der Waals surface area contributed by atoms with Crippen LogP contribution < -0.4 is 0 Å². The number of methoxy groups -OCH3 is 1. The topological polar surface area (TPSA) is 26.3 Å². The molecule has 0 radical (unpaired) electrons. The maximum Gasteiger partial charge on any atom is 0.145 e. The summed E-state index contributed by atoms with van der Waals surface area (Å²) in [6.07, 6.45) is 12.0. The van der Waals surface area contributed by atoms with E-state index in [1.54, 1.807) is 7.11 Å². The van der Waals surface area contributed by atoms with Crippen LogP contribution in [0.5, 0.6) is 0 Å². The molecular formula is C15H25ClO2. The van der Waals surface area contributed by atoms with Gasteiger partial charge >= 0.3 is 0 Å². The summed E-state index contributed by atoms with van der Waals surface area (Å²) in [7, 11) is 1.79. The molecule has 18 heavy (non-hydrogen) atoms. The van der Waals surface area contributed by atoms with Crippen LogP contribution in [0.4, 0.5) is 0 Å². The largest absolute Gasteiger partial charge is 0.379 e. The molecule has 0 aliphatic heterocycles. The van der Waals surface area contributed by atoms with Crippen LogP contribution in [0.2, 0.25) is 0 Å². The molecule has 0 heterocycles. The summed E-state index contributed by atoms with van der Waals surface area (Å²) in [5, 5.41) is 0.392. The van der Waals surface area contributed by atoms with Gasteiger partial charge in [-0.1, -0.05) is 6.08 Å².